The molecule has 116 valence electrons. The van der Waals surface area contributed by atoms with Crippen LogP contribution in [0.2, 0.25) is 0 Å². The molecule has 0 bridgehead atoms. The van der Waals surface area contributed by atoms with E-state index in [2.05, 4.69) is 17.0 Å². The monoisotopic (exact) mass is 299 g/mol. The van der Waals surface area contributed by atoms with E-state index >= 15 is 0 Å². The van der Waals surface area contributed by atoms with E-state index in [4.69, 9.17) is 0 Å². The molecule has 0 spiro atoms. The Bertz CT molecular complexity index is 618. The predicted molar refractivity (Wildman–Crippen MR) is 86.9 cm³/mol. The summed E-state index contributed by atoms with van der Waals surface area (Å²) in [4.78, 5) is 2.49. The van der Waals surface area contributed by atoms with E-state index in [-0.39, 0.29) is 12.4 Å². The minimum absolute atomic E-state index is 0.0782. The van der Waals surface area contributed by atoms with Gasteiger partial charge in [-0.15, -0.1) is 0 Å². The Morgan fingerprint density at radius 2 is 1.68 bits per heavy atom. The third-order valence-corrected chi connectivity index (χ3v) is 4.36. The van der Waals surface area contributed by atoms with Gasteiger partial charge in [0.1, 0.15) is 5.82 Å². The summed E-state index contributed by atoms with van der Waals surface area (Å²) in [7, 11) is 0. The lowest BCUT2D eigenvalue weighted by atomic mass is 9.98. The van der Waals surface area contributed by atoms with E-state index in [1.165, 1.54) is 50.0 Å². The second kappa shape index (κ2) is 7.03. The van der Waals surface area contributed by atoms with Crippen molar-refractivity contribution >= 4 is 0 Å². The zero-order valence-electron chi connectivity index (χ0n) is 12.8. The number of aliphatic hydroxyl groups excluding tert-OH is 1. The molecular formula is C19H22FNO. The van der Waals surface area contributed by atoms with E-state index in [9.17, 15) is 9.50 Å². The first kappa shape index (κ1) is 15.2. The van der Waals surface area contributed by atoms with Crippen LogP contribution >= 0.6 is 0 Å². The number of halogens is 1. The molecule has 3 rings (SSSR count). The number of benzene rings is 2. The van der Waals surface area contributed by atoms with Crippen LogP contribution in [0.3, 0.4) is 0 Å². The van der Waals surface area contributed by atoms with Crippen molar-refractivity contribution in [1.82, 2.24) is 4.90 Å². The van der Waals surface area contributed by atoms with Crippen LogP contribution < -0.4 is 0 Å². The second-order valence-electron chi connectivity index (χ2n) is 5.99. The lowest BCUT2D eigenvalue weighted by Crippen LogP contribution is -2.28. The fourth-order valence-electron chi connectivity index (χ4n) is 3.12. The number of aliphatic hydroxyl groups is 1. The molecule has 1 aliphatic rings. The van der Waals surface area contributed by atoms with Crippen LogP contribution in [0.5, 0.6) is 0 Å². The van der Waals surface area contributed by atoms with E-state index in [0.29, 0.717) is 0 Å². The molecule has 0 saturated carbocycles. The summed E-state index contributed by atoms with van der Waals surface area (Å²) < 4.78 is 13.5. The average molecular weight is 299 g/mol. The quantitative estimate of drug-likeness (QED) is 0.923. The lowest BCUT2D eigenvalue weighted by Gasteiger charge is -2.26. The van der Waals surface area contributed by atoms with Crippen molar-refractivity contribution in [3.8, 4) is 11.1 Å². The van der Waals surface area contributed by atoms with Crippen molar-refractivity contribution in [2.24, 2.45) is 0 Å². The first-order valence-electron chi connectivity index (χ1n) is 7.97. The van der Waals surface area contributed by atoms with Crippen LogP contribution in [-0.4, -0.2) is 23.1 Å². The normalized spacial score (nSPS) is 15.9. The zero-order valence-corrected chi connectivity index (χ0v) is 12.8. The number of piperidine rings is 1. The topological polar surface area (TPSA) is 23.5 Å². The summed E-state index contributed by atoms with van der Waals surface area (Å²) >= 11 is 0. The first-order chi connectivity index (χ1) is 10.8. The largest absolute Gasteiger partial charge is 0.392 e. The SMILES string of the molecule is OCc1ccc(F)cc1-c1ccc(CN2CCCCC2)cc1. The molecule has 1 aliphatic heterocycles. The van der Waals surface area contributed by atoms with Gasteiger partial charge in [-0.3, -0.25) is 4.90 Å². The Balaban J connectivity index is 1.77. The summed E-state index contributed by atoms with van der Waals surface area (Å²) in [6, 6.07) is 12.8. The highest BCUT2D eigenvalue weighted by Crippen LogP contribution is 2.26. The van der Waals surface area contributed by atoms with Crippen LogP contribution in [0.4, 0.5) is 4.39 Å². The highest BCUT2D eigenvalue weighted by Gasteiger charge is 2.11. The Labute approximate surface area is 131 Å². The fraction of sp³-hybridized carbons (Fsp3) is 0.368. The number of likely N-dealkylation sites (tertiary alicyclic amines) is 1. The van der Waals surface area contributed by atoms with Gasteiger partial charge in [0.15, 0.2) is 0 Å². The van der Waals surface area contributed by atoms with Crippen molar-refractivity contribution in [2.75, 3.05) is 13.1 Å². The lowest BCUT2D eigenvalue weighted by molar-refractivity contribution is 0.221. The van der Waals surface area contributed by atoms with Crippen LogP contribution in [0.1, 0.15) is 30.4 Å². The van der Waals surface area contributed by atoms with Crippen molar-refractivity contribution in [3.05, 3.63) is 59.4 Å². The molecule has 2 aromatic rings. The van der Waals surface area contributed by atoms with Gasteiger partial charge in [-0.25, -0.2) is 4.39 Å². The van der Waals surface area contributed by atoms with Crippen molar-refractivity contribution in [2.45, 2.75) is 32.4 Å². The van der Waals surface area contributed by atoms with Crippen LogP contribution in [0, 0.1) is 5.82 Å². The highest BCUT2D eigenvalue weighted by molar-refractivity contribution is 5.67. The molecule has 0 atom stereocenters. The standard InChI is InChI=1S/C19H22FNO/c20-18-9-8-17(14-22)19(12-18)16-6-4-15(5-7-16)13-21-10-2-1-3-11-21/h4-9,12,22H,1-3,10-11,13-14H2. The average Bonchev–Trinajstić information content (AvgIpc) is 2.56. The molecule has 0 aliphatic carbocycles. The maximum Gasteiger partial charge on any atom is 0.123 e. The van der Waals surface area contributed by atoms with Crippen LogP contribution in [0.25, 0.3) is 11.1 Å². The van der Waals surface area contributed by atoms with Gasteiger partial charge < -0.3 is 5.11 Å². The molecule has 3 heteroatoms. The molecule has 2 aromatic carbocycles. The van der Waals surface area contributed by atoms with Crippen molar-refractivity contribution in [1.29, 1.82) is 0 Å². The van der Waals surface area contributed by atoms with Gasteiger partial charge in [-0.2, -0.15) is 0 Å². The summed E-state index contributed by atoms with van der Waals surface area (Å²) in [5.74, 6) is -0.274. The van der Waals surface area contributed by atoms with Gasteiger partial charge in [-0.1, -0.05) is 36.8 Å². The number of hydrogen-bond acceptors (Lipinski definition) is 2. The molecule has 0 amide bonds. The molecule has 2 nitrogen and oxygen atoms in total. The van der Waals surface area contributed by atoms with Gasteiger partial charge in [0.05, 0.1) is 6.61 Å². The number of nitrogens with zero attached hydrogens (tertiary/aromatic N) is 1. The van der Waals surface area contributed by atoms with Crippen LogP contribution in [0.15, 0.2) is 42.5 Å². The summed E-state index contributed by atoms with van der Waals surface area (Å²) in [6.45, 7) is 3.27. The Hall–Kier alpha value is -1.71. The minimum atomic E-state index is -0.274. The maximum atomic E-state index is 13.5. The van der Waals surface area contributed by atoms with Gasteiger partial charge in [0.2, 0.25) is 0 Å². The maximum absolute atomic E-state index is 13.5. The van der Waals surface area contributed by atoms with Crippen LogP contribution in [-0.2, 0) is 13.2 Å². The molecule has 0 radical (unpaired) electrons. The van der Waals surface area contributed by atoms with E-state index in [1.54, 1.807) is 6.07 Å². The van der Waals surface area contributed by atoms with Crippen molar-refractivity contribution < 1.29 is 9.50 Å². The molecule has 1 heterocycles. The third-order valence-electron chi connectivity index (χ3n) is 4.36. The Kier molecular flexibility index (Phi) is 4.86. The second-order valence-corrected chi connectivity index (χ2v) is 5.99. The molecule has 1 N–H and O–H groups in total. The number of hydrogen-bond donors (Lipinski definition) is 1. The predicted octanol–water partition coefficient (Wildman–Crippen LogP) is 3.97. The molecule has 22 heavy (non-hydrogen) atoms. The van der Waals surface area contributed by atoms with E-state index < -0.39 is 0 Å². The zero-order chi connectivity index (χ0) is 15.4. The Morgan fingerprint density at radius 1 is 0.955 bits per heavy atom. The molecule has 0 aromatic heterocycles. The smallest absolute Gasteiger partial charge is 0.123 e. The minimum Gasteiger partial charge on any atom is -0.392 e. The molecule has 1 saturated heterocycles. The van der Waals surface area contributed by atoms with Gasteiger partial charge in [-0.05, 0) is 60.3 Å². The first-order valence-corrected chi connectivity index (χ1v) is 7.97. The Morgan fingerprint density at radius 3 is 2.36 bits per heavy atom. The fourth-order valence-corrected chi connectivity index (χ4v) is 3.12. The van der Waals surface area contributed by atoms with E-state index in [1.807, 2.05) is 12.1 Å². The van der Waals surface area contributed by atoms with Gasteiger partial charge >= 0.3 is 0 Å². The molecule has 0 unspecified atom stereocenters. The summed E-state index contributed by atoms with van der Waals surface area (Å²) in [5, 5.41) is 9.41. The summed E-state index contributed by atoms with van der Waals surface area (Å²) in [5.41, 5.74) is 3.76. The van der Waals surface area contributed by atoms with Gasteiger partial charge in [0, 0.05) is 6.54 Å². The van der Waals surface area contributed by atoms with Crippen molar-refractivity contribution in [3.63, 3.8) is 0 Å². The van der Waals surface area contributed by atoms with Gasteiger partial charge in [0.25, 0.3) is 0 Å². The summed E-state index contributed by atoms with van der Waals surface area (Å²) in [6.07, 6.45) is 3.93. The highest BCUT2D eigenvalue weighted by atomic mass is 19.1. The number of rotatable bonds is 4. The van der Waals surface area contributed by atoms with E-state index in [0.717, 1.165) is 23.2 Å². The third kappa shape index (κ3) is 3.54. The molecular weight excluding hydrogens is 277 g/mol. The molecule has 1 fully saturated rings.